The summed E-state index contributed by atoms with van der Waals surface area (Å²) in [4.78, 5) is 0. The number of nitrogens with two attached hydrogens (primary N) is 1. The molecule has 1 aromatic rings. The number of hydrogen-bond acceptors (Lipinski definition) is 5. The maximum absolute atomic E-state index is 9.38. The lowest BCUT2D eigenvalue weighted by molar-refractivity contribution is 0.210. The third kappa shape index (κ3) is 2.91. The zero-order chi connectivity index (χ0) is 14.6. The lowest BCUT2D eigenvalue weighted by Crippen LogP contribution is -2.42. The molecule has 0 radical (unpaired) electrons. The van der Waals surface area contributed by atoms with Gasteiger partial charge in [-0.3, -0.25) is 0 Å². The highest BCUT2D eigenvalue weighted by Crippen LogP contribution is 2.29. The first-order chi connectivity index (χ1) is 9.63. The van der Waals surface area contributed by atoms with Gasteiger partial charge in [0.05, 0.1) is 11.2 Å². The predicted octanol–water partition coefficient (Wildman–Crippen LogP) is 2.12. The number of rotatable bonds is 5. The first-order valence-corrected chi connectivity index (χ1v) is 7.33. The summed E-state index contributed by atoms with van der Waals surface area (Å²) in [6, 6.07) is 2.21. The summed E-state index contributed by atoms with van der Waals surface area (Å²) in [6.07, 6.45) is 5.75. The highest BCUT2D eigenvalue weighted by atomic mass is 16.5. The molecule has 2 N–H and O–H groups in total. The number of hydrogen-bond donors (Lipinski definition) is 1. The van der Waals surface area contributed by atoms with Gasteiger partial charge in [-0.2, -0.15) is 10.4 Å². The molecule has 1 fully saturated rings. The van der Waals surface area contributed by atoms with E-state index in [-0.39, 0.29) is 5.54 Å². The number of aromatic nitrogens is 2. The van der Waals surface area contributed by atoms with Crippen LogP contribution < -0.4 is 10.5 Å². The predicted molar refractivity (Wildman–Crippen MR) is 76.4 cm³/mol. The van der Waals surface area contributed by atoms with Gasteiger partial charge < -0.3 is 10.5 Å². The lowest BCUT2D eigenvalue weighted by Gasteiger charge is -2.23. The molecule has 108 valence electrons. The van der Waals surface area contributed by atoms with Crippen LogP contribution >= 0.6 is 0 Å². The van der Waals surface area contributed by atoms with Crippen molar-refractivity contribution < 1.29 is 4.74 Å². The molecule has 0 aromatic carbocycles. The number of aryl methyl sites for hydroxylation is 1. The van der Waals surface area contributed by atoms with E-state index < -0.39 is 0 Å². The van der Waals surface area contributed by atoms with Crippen molar-refractivity contribution in [2.45, 2.75) is 57.9 Å². The van der Waals surface area contributed by atoms with Gasteiger partial charge in [-0.05, 0) is 31.2 Å². The molecule has 2 rings (SSSR count). The zero-order valence-electron chi connectivity index (χ0n) is 12.3. The smallest absolute Gasteiger partial charge is 0.251 e. The van der Waals surface area contributed by atoms with Crippen LogP contribution in [-0.2, 0) is 12.8 Å². The quantitative estimate of drug-likeness (QED) is 0.889. The summed E-state index contributed by atoms with van der Waals surface area (Å²) in [7, 11) is 0. The fourth-order valence-corrected chi connectivity index (χ4v) is 2.81. The summed E-state index contributed by atoms with van der Waals surface area (Å²) < 4.78 is 5.74. The SMILES string of the molecule is CCc1nnc(OCC2(N)CCCC2)c(C#N)c1CC. The Hall–Kier alpha value is -1.67. The fraction of sp³-hybridized carbons (Fsp3) is 0.667. The standard InChI is InChI=1S/C15H22N4O/c1-3-11-12(9-16)14(19-18-13(11)4-2)20-10-15(17)7-5-6-8-15/h3-8,10,17H2,1-2H3. The van der Waals surface area contributed by atoms with Gasteiger partial charge in [0, 0.05) is 0 Å². The summed E-state index contributed by atoms with van der Waals surface area (Å²) >= 11 is 0. The average Bonchev–Trinajstić information content (AvgIpc) is 2.91. The molecule has 1 aliphatic rings. The minimum Gasteiger partial charge on any atom is -0.474 e. The summed E-state index contributed by atoms with van der Waals surface area (Å²) in [5, 5.41) is 17.6. The van der Waals surface area contributed by atoms with Crippen molar-refractivity contribution in [1.82, 2.24) is 10.2 Å². The summed E-state index contributed by atoms with van der Waals surface area (Å²) in [5.74, 6) is 0.332. The molecule has 5 nitrogen and oxygen atoms in total. The van der Waals surface area contributed by atoms with Gasteiger partial charge in [-0.1, -0.05) is 26.7 Å². The molecule has 0 saturated heterocycles. The van der Waals surface area contributed by atoms with Crippen molar-refractivity contribution in [1.29, 1.82) is 5.26 Å². The third-order valence-electron chi connectivity index (χ3n) is 4.02. The van der Waals surface area contributed by atoms with Crippen LogP contribution in [0.1, 0.15) is 56.4 Å². The maximum atomic E-state index is 9.38. The second kappa shape index (κ2) is 6.19. The molecule has 0 atom stereocenters. The molecule has 1 saturated carbocycles. The summed E-state index contributed by atoms with van der Waals surface area (Å²) in [5.41, 5.74) is 8.33. The van der Waals surface area contributed by atoms with Crippen LogP contribution in [0.2, 0.25) is 0 Å². The molecule has 5 heteroatoms. The highest BCUT2D eigenvalue weighted by molar-refractivity contribution is 5.46. The van der Waals surface area contributed by atoms with Gasteiger partial charge in [0.1, 0.15) is 18.2 Å². The Balaban J connectivity index is 2.21. The normalized spacial score (nSPS) is 16.9. The van der Waals surface area contributed by atoms with E-state index in [0.29, 0.717) is 18.1 Å². The fourth-order valence-electron chi connectivity index (χ4n) is 2.81. The van der Waals surface area contributed by atoms with Crippen LogP contribution in [0.15, 0.2) is 0 Å². The second-order valence-corrected chi connectivity index (χ2v) is 5.48. The van der Waals surface area contributed by atoms with Crippen LogP contribution in [0.4, 0.5) is 0 Å². The Morgan fingerprint density at radius 3 is 2.50 bits per heavy atom. The van der Waals surface area contributed by atoms with Gasteiger partial charge in [-0.15, -0.1) is 5.10 Å². The van der Waals surface area contributed by atoms with Crippen molar-refractivity contribution >= 4 is 0 Å². The molecular formula is C15H22N4O. The van der Waals surface area contributed by atoms with Crippen molar-refractivity contribution in [3.05, 3.63) is 16.8 Å². The molecular weight excluding hydrogens is 252 g/mol. The van der Waals surface area contributed by atoms with Gasteiger partial charge in [0.2, 0.25) is 0 Å². The Bertz CT molecular complexity index is 515. The minimum absolute atomic E-state index is 0.274. The van der Waals surface area contributed by atoms with Crippen molar-refractivity contribution in [2.75, 3.05) is 6.61 Å². The molecule has 20 heavy (non-hydrogen) atoms. The first-order valence-electron chi connectivity index (χ1n) is 7.33. The van der Waals surface area contributed by atoms with Gasteiger partial charge in [-0.25, -0.2) is 0 Å². The van der Waals surface area contributed by atoms with Gasteiger partial charge in [0.25, 0.3) is 5.88 Å². The molecule has 1 heterocycles. The average molecular weight is 274 g/mol. The molecule has 0 aliphatic heterocycles. The molecule has 0 spiro atoms. The van der Waals surface area contributed by atoms with E-state index in [4.69, 9.17) is 10.5 Å². The van der Waals surface area contributed by atoms with Crippen LogP contribution in [-0.4, -0.2) is 22.3 Å². The third-order valence-corrected chi connectivity index (χ3v) is 4.02. The van der Waals surface area contributed by atoms with Crippen LogP contribution in [0.3, 0.4) is 0 Å². The van der Waals surface area contributed by atoms with E-state index in [2.05, 4.69) is 16.3 Å². The number of nitrogens with zero attached hydrogens (tertiary/aromatic N) is 3. The topological polar surface area (TPSA) is 84.8 Å². The monoisotopic (exact) mass is 274 g/mol. The van der Waals surface area contributed by atoms with E-state index in [1.165, 1.54) is 0 Å². The van der Waals surface area contributed by atoms with Crippen LogP contribution in [0.25, 0.3) is 0 Å². The Labute approximate surface area is 120 Å². The Morgan fingerprint density at radius 2 is 1.95 bits per heavy atom. The van der Waals surface area contributed by atoms with Gasteiger partial charge >= 0.3 is 0 Å². The zero-order valence-corrected chi connectivity index (χ0v) is 12.3. The second-order valence-electron chi connectivity index (χ2n) is 5.48. The lowest BCUT2D eigenvalue weighted by atomic mass is 10.0. The first kappa shape index (κ1) is 14.7. The van der Waals surface area contributed by atoms with Gasteiger partial charge in [0.15, 0.2) is 0 Å². The molecule has 0 unspecified atom stereocenters. The summed E-state index contributed by atoms with van der Waals surface area (Å²) in [6.45, 7) is 4.44. The van der Waals surface area contributed by atoms with Crippen molar-refractivity contribution in [2.24, 2.45) is 5.73 Å². The highest BCUT2D eigenvalue weighted by Gasteiger charge is 2.31. The van der Waals surface area contributed by atoms with E-state index in [1.54, 1.807) is 0 Å². The van der Waals surface area contributed by atoms with Crippen LogP contribution in [0.5, 0.6) is 5.88 Å². The Kier molecular flexibility index (Phi) is 4.56. The van der Waals surface area contributed by atoms with Crippen molar-refractivity contribution in [3.63, 3.8) is 0 Å². The molecule has 1 aromatic heterocycles. The van der Waals surface area contributed by atoms with Crippen LogP contribution in [0, 0.1) is 11.3 Å². The number of nitriles is 1. The van der Waals surface area contributed by atoms with E-state index in [9.17, 15) is 5.26 Å². The van der Waals surface area contributed by atoms with E-state index >= 15 is 0 Å². The van der Waals surface area contributed by atoms with E-state index in [0.717, 1.165) is 49.8 Å². The minimum atomic E-state index is -0.274. The molecule has 1 aliphatic carbocycles. The molecule has 0 bridgehead atoms. The maximum Gasteiger partial charge on any atom is 0.251 e. The van der Waals surface area contributed by atoms with Crippen molar-refractivity contribution in [3.8, 4) is 11.9 Å². The number of ether oxygens (including phenoxy) is 1. The van der Waals surface area contributed by atoms with E-state index in [1.807, 2.05) is 13.8 Å². The molecule has 0 amide bonds. The largest absolute Gasteiger partial charge is 0.474 e. The Morgan fingerprint density at radius 1 is 1.25 bits per heavy atom.